The molecule has 0 saturated heterocycles. The zero-order valence-electron chi connectivity index (χ0n) is 15.0. The van der Waals surface area contributed by atoms with Crippen molar-refractivity contribution in [3.63, 3.8) is 0 Å². The molecule has 0 unspecified atom stereocenters. The molecule has 2 heterocycles. The molecule has 1 aliphatic rings. The number of nitrogens with one attached hydrogen (secondary N) is 1. The van der Waals surface area contributed by atoms with Gasteiger partial charge in [0.2, 0.25) is 0 Å². The molecule has 1 aromatic heterocycles. The Labute approximate surface area is 156 Å². The van der Waals surface area contributed by atoms with E-state index in [1.54, 1.807) is 12.3 Å². The fourth-order valence-electron chi connectivity index (χ4n) is 3.37. The summed E-state index contributed by atoms with van der Waals surface area (Å²) in [4.78, 5) is 14.2. The highest BCUT2D eigenvalue weighted by Gasteiger charge is 2.26. The minimum absolute atomic E-state index is 0.0848. The SMILES string of the molecule is CCCN1Cc2cc(OCc3c[nH]nc3-c3cccc(F)c3)ccc2C1=O. The molecule has 4 rings (SSSR count). The number of aromatic nitrogens is 2. The summed E-state index contributed by atoms with van der Waals surface area (Å²) in [5.74, 6) is 0.482. The Balaban J connectivity index is 1.49. The van der Waals surface area contributed by atoms with Crippen LogP contribution in [0.25, 0.3) is 11.3 Å². The molecule has 0 aliphatic carbocycles. The summed E-state index contributed by atoms with van der Waals surface area (Å²) in [6.45, 7) is 3.74. The first-order valence-electron chi connectivity index (χ1n) is 8.99. The van der Waals surface area contributed by atoms with Crippen LogP contribution in [0.2, 0.25) is 0 Å². The minimum atomic E-state index is -0.303. The van der Waals surface area contributed by atoms with Crippen molar-refractivity contribution in [3.05, 3.63) is 71.2 Å². The second-order valence-corrected chi connectivity index (χ2v) is 6.60. The van der Waals surface area contributed by atoms with Crippen LogP contribution in [0, 0.1) is 5.82 Å². The molecule has 0 bridgehead atoms. The Bertz CT molecular complexity index is 983. The number of fused-ring (bicyclic) bond motifs is 1. The number of benzene rings is 2. The highest BCUT2D eigenvalue weighted by atomic mass is 19.1. The summed E-state index contributed by atoms with van der Waals surface area (Å²) in [5, 5.41) is 7.03. The van der Waals surface area contributed by atoms with Crippen LogP contribution in [-0.2, 0) is 13.2 Å². The van der Waals surface area contributed by atoms with Gasteiger partial charge in [0, 0.05) is 36.0 Å². The number of ether oxygens (including phenoxy) is 1. The maximum Gasteiger partial charge on any atom is 0.254 e. The van der Waals surface area contributed by atoms with Crippen LogP contribution < -0.4 is 4.74 Å². The minimum Gasteiger partial charge on any atom is -0.489 e. The van der Waals surface area contributed by atoms with E-state index in [0.29, 0.717) is 30.2 Å². The Kier molecular flexibility index (Phi) is 4.62. The molecule has 0 saturated carbocycles. The Morgan fingerprint density at radius 3 is 2.96 bits per heavy atom. The predicted octanol–water partition coefficient (Wildman–Crippen LogP) is 4.16. The lowest BCUT2D eigenvalue weighted by atomic mass is 10.1. The molecule has 0 radical (unpaired) electrons. The fraction of sp³-hybridized carbons (Fsp3) is 0.238. The summed E-state index contributed by atoms with van der Waals surface area (Å²) < 4.78 is 19.4. The third-order valence-electron chi connectivity index (χ3n) is 4.66. The summed E-state index contributed by atoms with van der Waals surface area (Å²) in [6, 6.07) is 11.9. The third-order valence-corrected chi connectivity index (χ3v) is 4.66. The normalized spacial score (nSPS) is 13.1. The maximum atomic E-state index is 13.5. The van der Waals surface area contributed by atoms with Crippen LogP contribution in [0.3, 0.4) is 0 Å². The molecule has 1 aliphatic heterocycles. The van der Waals surface area contributed by atoms with Gasteiger partial charge in [-0.15, -0.1) is 0 Å². The molecular weight excluding hydrogens is 345 g/mol. The predicted molar refractivity (Wildman–Crippen MR) is 99.8 cm³/mol. The average molecular weight is 365 g/mol. The van der Waals surface area contributed by atoms with Gasteiger partial charge in [-0.3, -0.25) is 9.89 Å². The number of carbonyl (C=O) groups is 1. The van der Waals surface area contributed by atoms with Crippen LogP contribution in [0.4, 0.5) is 4.39 Å². The molecule has 1 N–H and O–H groups in total. The van der Waals surface area contributed by atoms with E-state index < -0.39 is 0 Å². The van der Waals surface area contributed by atoms with Crippen molar-refractivity contribution >= 4 is 5.91 Å². The van der Waals surface area contributed by atoms with Crippen molar-refractivity contribution in [3.8, 4) is 17.0 Å². The topological polar surface area (TPSA) is 58.2 Å². The number of nitrogens with zero attached hydrogens (tertiary/aromatic N) is 2. The van der Waals surface area contributed by atoms with Crippen LogP contribution >= 0.6 is 0 Å². The Hall–Kier alpha value is -3.15. The summed E-state index contributed by atoms with van der Waals surface area (Å²) in [6.07, 6.45) is 2.69. The van der Waals surface area contributed by atoms with Gasteiger partial charge in [0.1, 0.15) is 18.2 Å². The van der Waals surface area contributed by atoms with E-state index in [1.165, 1.54) is 12.1 Å². The van der Waals surface area contributed by atoms with E-state index in [1.807, 2.05) is 29.2 Å². The number of aromatic amines is 1. The standard InChI is InChI=1S/C21H20FN3O2/c1-2-8-25-12-15-10-18(6-7-19(15)21(25)26)27-13-16-11-23-24-20(16)14-4-3-5-17(22)9-14/h3-7,9-11H,2,8,12-13H2,1H3,(H,23,24). The van der Waals surface area contributed by atoms with Crippen LogP contribution in [0.5, 0.6) is 5.75 Å². The number of H-pyrrole nitrogens is 1. The molecule has 0 spiro atoms. The van der Waals surface area contributed by atoms with Crippen molar-refractivity contribution < 1.29 is 13.9 Å². The fourth-order valence-corrected chi connectivity index (χ4v) is 3.37. The molecule has 138 valence electrons. The summed E-state index contributed by atoms with van der Waals surface area (Å²) in [7, 11) is 0. The van der Waals surface area contributed by atoms with Gasteiger partial charge < -0.3 is 9.64 Å². The number of hydrogen-bond acceptors (Lipinski definition) is 3. The van der Waals surface area contributed by atoms with Crippen molar-refractivity contribution in [1.82, 2.24) is 15.1 Å². The summed E-state index contributed by atoms with van der Waals surface area (Å²) >= 11 is 0. The van der Waals surface area contributed by atoms with E-state index >= 15 is 0 Å². The van der Waals surface area contributed by atoms with E-state index in [0.717, 1.165) is 29.7 Å². The van der Waals surface area contributed by atoms with Gasteiger partial charge in [-0.05, 0) is 42.3 Å². The van der Waals surface area contributed by atoms with Crippen molar-refractivity contribution in [1.29, 1.82) is 0 Å². The molecule has 2 aromatic carbocycles. The Morgan fingerprint density at radius 2 is 2.15 bits per heavy atom. The number of amides is 1. The van der Waals surface area contributed by atoms with Gasteiger partial charge in [0.05, 0.1) is 5.69 Å². The number of rotatable bonds is 6. The molecule has 5 nitrogen and oxygen atoms in total. The van der Waals surface area contributed by atoms with Crippen molar-refractivity contribution in [2.45, 2.75) is 26.5 Å². The monoisotopic (exact) mass is 365 g/mol. The van der Waals surface area contributed by atoms with Crippen LogP contribution in [0.15, 0.2) is 48.7 Å². The first-order valence-corrected chi connectivity index (χ1v) is 8.99. The lowest BCUT2D eigenvalue weighted by Gasteiger charge is -2.13. The van der Waals surface area contributed by atoms with Crippen molar-refractivity contribution in [2.24, 2.45) is 0 Å². The second kappa shape index (κ2) is 7.23. The van der Waals surface area contributed by atoms with Gasteiger partial charge in [-0.2, -0.15) is 5.10 Å². The van der Waals surface area contributed by atoms with E-state index in [9.17, 15) is 9.18 Å². The van der Waals surface area contributed by atoms with Crippen LogP contribution in [0.1, 0.15) is 34.8 Å². The molecule has 1 amide bonds. The number of halogens is 1. The van der Waals surface area contributed by atoms with E-state index in [-0.39, 0.29) is 11.7 Å². The average Bonchev–Trinajstić information content (AvgIpc) is 3.25. The lowest BCUT2D eigenvalue weighted by molar-refractivity contribution is 0.0778. The highest BCUT2D eigenvalue weighted by Crippen LogP contribution is 2.28. The van der Waals surface area contributed by atoms with Gasteiger partial charge in [-0.25, -0.2) is 4.39 Å². The van der Waals surface area contributed by atoms with E-state index in [2.05, 4.69) is 17.1 Å². The molecule has 3 aromatic rings. The third kappa shape index (κ3) is 3.43. The molecule has 0 fully saturated rings. The van der Waals surface area contributed by atoms with Gasteiger partial charge in [-0.1, -0.05) is 19.1 Å². The van der Waals surface area contributed by atoms with Crippen LogP contribution in [-0.4, -0.2) is 27.5 Å². The van der Waals surface area contributed by atoms with Crippen molar-refractivity contribution in [2.75, 3.05) is 6.54 Å². The summed E-state index contributed by atoms with van der Waals surface area (Å²) in [5.41, 5.74) is 3.94. The first kappa shape index (κ1) is 17.3. The quantitative estimate of drug-likeness (QED) is 0.714. The van der Waals surface area contributed by atoms with Gasteiger partial charge in [0.15, 0.2) is 0 Å². The second-order valence-electron chi connectivity index (χ2n) is 6.60. The first-order chi connectivity index (χ1) is 13.2. The molecule has 0 atom stereocenters. The highest BCUT2D eigenvalue weighted by molar-refractivity contribution is 5.98. The zero-order valence-corrected chi connectivity index (χ0v) is 15.0. The zero-order chi connectivity index (χ0) is 18.8. The number of hydrogen-bond donors (Lipinski definition) is 1. The molecule has 6 heteroatoms. The largest absolute Gasteiger partial charge is 0.489 e. The van der Waals surface area contributed by atoms with Gasteiger partial charge >= 0.3 is 0 Å². The van der Waals surface area contributed by atoms with Gasteiger partial charge in [0.25, 0.3) is 5.91 Å². The number of carbonyl (C=O) groups excluding carboxylic acids is 1. The smallest absolute Gasteiger partial charge is 0.254 e. The molecule has 27 heavy (non-hydrogen) atoms. The lowest BCUT2D eigenvalue weighted by Crippen LogP contribution is -2.24. The Morgan fingerprint density at radius 1 is 1.26 bits per heavy atom. The maximum absolute atomic E-state index is 13.5. The van der Waals surface area contributed by atoms with E-state index in [4.69, 9.17) is 4.74 Å². The molecular formula is C21H20FN3O2.